The van der Waals surface area contributed by atoms with Crippen LogP contribution in [0.15, 0.2) is 18.2 Å². The first-order chi connectivity index (χ1) is 9.58. The van der Waals surface area contributed by atoms with Crippen molar-refractivity contribution in [3.63, 3.8) is 0 Å². The van der Waals surface area contributed by atoms with Crippen molar-refractivity contribution in [2.24, 2.45) is 0 Å². The molecule has 1 N–H and O–H groups in total. The van der Waals surface area contributed by atoms with E-state index in [1.807, 2.05) is 19.1 Å². The monoisotopic (exact) mass is 279 g/mol. The molecule has 1 aromatic rings. The molecule has 0 radical (unpaired) electrons. The van der Waals surface area contributed by atoms with Gasteiger partial charge in [0.2, 0.25) is 0 Å². The number of ether oxygens (including phenoxy) is 1. The van der Waals surface area contributed by atoms with E-state index in [0.717, 1.165) is 18.4 Å². The molecule has 0 saturated heterocycles. The third-order valence-electron chi connectivity index (χ3n) is 3.64. The maximum Gasteiger partial charge on any atom is 0.254 e. The molecule has 0 spiro atoms. The molecule has 0 aliphatic carbocycles. The highest BCUT2D eigenvalue weighted by Gasteiger charge is 2.22. The molecule has 0 aromatic heterocycles. The fourth-order valence-electron chi connectivity index (χ4n) is 2.41. The quantitative estimate of drug-likeness (QED) is 0.834. The molecule has 112 valence electrons. The molecule has 0 aliphatic rings. The molecule has 0 aliphatic heterocycles. The first-order valence-electron chi connectivity index (χ1n) is 7.15. The number of carbonyl (C=O) groups excluding carboxylic acids is 1. The largest absolute Gasteiger partial charge is 0.496 e. The molecule has 4 heteroatoms. The first kappa shape index (κ1) is 16.5. The Kier molecular flexibility index (Phi) is 6.52. The molecule has 0 saturated carbocycles. The maximum absolute atomic E-state index is 12.6. The van der Waals surface area contributed by atoms with Crippen LogP contribution >= 0.6 is 0 Å². The van der Waals surface area contributed by atoms with E-state index < -0.39 is 0 Å². The van der Waals surface area contributed by atoms with Crippen molar-refractivity contribution in [1.29, 1.82) is 0 Å². The number of nitrogens with zero attached hydrogens (tertiary/aromatic N) is 1. The third-order valence-corrected chi connectivity index (χ3v) is 3.64. The number of benzene rings is 1. The Morgan fingerprint density at radius 3 is 2.50 bits per heavy atom. The lowest BCUT2D eigenvalue weighted by Crippen LogP contribution is -2.41. The highest BCUT2D eigenvalue weighted by molar-refractivity contribution is 5.95. The highest BCUT2D eigenvalue weighted by atomic mass is 16.5. The summed E-state index contributed by atoms with van der Waals surface area (Å²) in [5, 5.41) is 9.20. The Hall–Kier alpha value is -1.55. The fraction of sp³-hybridized carbons (Fsp3) is 0.562. The molecular weight excluding hydrogens is 254 g/mol. The van der Waals surface area contributed by atoms with Gasteiger partial charge in [-0.15, -0.1) is 0 Å². The number of amides is 1. The third kappa shape index (κ3) is 3.73. The maximum atomic E-state index is 12.6. The Morgan fingerprint density at radius 1 is 1.35 bits per heavy atom. The van der Waals surface area contributed by atoms with Gasteiger partial charge in [-0.1, -0.05) is 19.9 Å². The van der Waals surface area contributed by atoms with Gasteiger partial charge in [0.15, 0.2) is 0 Å². The molecule has 4 nitrogen and oxygen atoms in total. The van der Waals surface area contributed by atoms with E-state index in [0.29, 0.717) is 17.9 Å². The number of hydrogen-bond donors (Lipinski definition) is 1. The standard InChI is InChI=1S/C16H25NO3/c1-5-14(6-2)17(9-10-18)16(19)13-8-7-12(3)15(11-13)20-4/h7-8,11,14,18H,5-6,9-10H2,1-4H3. The molecule has 20 heavy (non-hydrogen) atoms. The summed E-state index contributed by atoms with van der Waals surface area (Å²) >= 11 is 0. The van der Waals surface area contributed by atoms with E-state index in [4.69, 9.17) is 4.74 Å². The summed E-state index contributed by atoms with van der Waals surface area (Å²) in [6, 6.07) is 5.62. The summed E-state index contributed by atoms with van der Waals surface area (Å²) in [4.78, 5) is 14.4. The van der Waals surface area contributed by atoms with E-state index in [2.05, 4.69) is 13.8 Å². The molecule has 0 atom stereocenters. The van der Waals surface area contributed by atoms with Crippen LogP contribution < -0.4 is 4.74 Å². The van der Waals surface area contributed by atoms with E-state index >= 15 is 0 Å². The van der Waals surface area contributed by atoms with Gasteiger partial charge in [0.05, 0.1) is 13.7 Å². The summed E-state index contributed by atoms with van der Waals surface area (Å²) in [5.41, 5.74) is 1.60. The molecule has 0 fully saturated rings. The lowest BCUT2D eigenvalue weighted by atomic mass is 10.1. The van der Waals surface area contributed by atoms with Gasteiger partial charge in [-0.25, -0.2) is 0 Å². The minimum Gasteiger partial charge on any atom is -0.496 e. The molecule has 0 bridgehead atoms. The zero-order chi connectivity index (χ0) is 15.1. The van der Waals surface area contributed by atoms with Gasteiger partial charge in [-0.2, -0.15) is 0 Å². The number of hydrogen-bond acceptors (Lipinski definition) is 3. The number of aryl methyl sites for hydroxylation is 1. The van der Waals surface area contributed by atoms with Gasteiger partial charge in [0, 0.05) is 18.2 Å². The Balaban J connectivity index is 3.05. The van der Waals surface area contributed by atoms with Crippen molar-refractivity contribution in [1.82, 2.24) is 4.90 Å². The average molecular weight is 279 g/mol. The van der Waals surface area contributed by atoms with Gasteiger partial charge in [0.1, 0.15) is 5.75 Å². The predicted molar refractivity (Wildman–Crippen MR) is 80.2 cm³/mol. The second-order valence-corrected chi connectivity index (χ2v) is 4.88. The van der Waals surface area contributed by atoms with Crippen LogP contribution in [-0.2, 0) is 0 Å². The van der Waals surface area contributed by atoms with Crippen LogP contribution in [0.1, 0.15) is 42.6 Å². The SMILES string of the molecule is CCC(CC)N(CCO)C(=O)c1ccc(C)c(OC)c1. The van der Waals surface area contributed by atoms with Crippen molar-refractivity contribution < 1.29 is 14.6 Å². The van der Waals surface area contributed by atoms with Crippen molar-refractivity contribution in [2.75, 3.05) is 20.3 Å². The topological polar surface area (TPSA) is 49.8 Å². The number of aliphatic hydroxyl groups excluding tert-OH is 1. The Labute approximate surface area is 121 Å². The lowest BCUT2D eigenvalue weighted by molar-refractivity contribution is 0.0622. The molecule has 1 rings (SSSR count). The number of methoxy groups -OCH3 is 1. The van der Waals surface area contributed by atoms with Crippen molar-refractivity contribution in [3.8, 4) is 5.75 Å². The van der Waals surface area contributed by atoms with Gasteiger partial charge in [-0.3, -0.25) is 4.79 Å². The zero-order valence-corrected chi connectivity index (χ0v) is 12.8. The summed E-state index contributed by atoms with van der Waals surface area (Å²) in [7, 11) is 1.60. The van der Waals surface area contributed by atoms with Crippen LogP contribution in [0, 0.1) is 6.92 Å². The van der Waals surface area contributed by atoms with Crippen LogP contribution in [0.3, 0.4) is 0 Å². The van der Waals surface area contributed by atoms with Crippen molar-refractivity contribution >= 4 is 5.91 Å². The predicted octanol–water partition coefficient (Wildman–Crippen LogP) is 2.63. The highest BCUT2D eigenvalue weighted by Crippen LogP contribution is 2.21. The Bertz CT molecular complexity index is 441. The summed E-state index contributed by atoms with van der Waals surface area (Å²) in [5.74, 6) is 0.662. The van der Waals surface area contributed by atoms with Crippen LogP contribution in [0.4, 0.5) is 0 Å². The van der Waals surface area contributed by atoms with Crippen molar-refractivity contribution in [2.45, 2.75) is 39.7 Å². The summed E-state index contributed by atoms with van der Waals surface area (Å²) < 4.78 is 5.27. The minimum atomic E-state index is -0.0500. The van der Waals surface area contributed by atoms with Gasteiger partial charge in [-0.05, 0) is 37.5 Å². The van der Waals surface area contributed by atoms with Crippen molar-refractivity contribution in [3.05, 3.63) is 29.3 Å². The Morgan fingerprint density at radius 2 is 2.00 bits per heavy atom. The first-order valence-corrected chi connectivity index (χ1v) is 7.15. The summed E-state index contributed by atoms with van der Waals surface area (Å²) in [6.07, 6.45) is 1.76. The zero-order valence-electron chi connectivity index (χ0n) is 12.8. The second kappa shape index (κ2) is 7.90. The van der Waals surface area contributed by atoms with Crippen LogP contribution in [0.25, 0.3) is 0 Å². The van der Waals surface area contributed by atoms with Crippen LogP contribution in [0.5, 0.6) is 5.75 Å². The van der Waals surface area contributed by atoms with E-state index in [9.17, 15) is 9.90 Å². The van der Waals surface area contributed by atoms with E-state index in [1.54, 1.807) is 18.1 Å². The molecule has 0 heterocycles. The van der Waals surface area contributed by atoms with Gasteiger partial charge < -0.3 is 14.7 Å². The minimum absolute atomic E-state index is 0.0226. The average Bonchev–Trinajstić information content (AvgIpc) is 2.47. The van der Waals surface area contributed by atoms with E-state index in [-0.39, 0.29) is 18.6 Å². The fourth-order valence-corrected chi connectivity index (χ4v) is 2.41. The normalized spacial score (nSPS) is 10.7. The van der Waals surface area contributed by atoms with Gasteiger partial charge >= 0.3 is 0 Å². The molecule has 0 unspecified atom stereocenters. The molecular formula is C16H25NO3. The molecule has 1 aromatic carbocycles. The lowest BCUT2D eigenvalue weighted by Gasteiger charge is -2.30. The number of rotatable bonds is 7. The summed E-state index contributed by atoms with van der Waals surface area (Å²) in [6.45, 7) is 6.40. The number of aliphatic hydroxyl groups is 1. The smallest absolute Gasteiger partial charge is 0.254 e. The molecule has 1 amide bonds. The second-order valence-electron chi connectivity index (χ2n) is 4.88. The van der Waals surface area contributed by atoms with E-state index in [1.165, 1.54) is 0 Å². The number of carbonyl (C=O) groups is 1. The van der Waals surface area contributed by atoms with Gasteiger partial charge in [0.25, 0.3) is 5.91 Å². The van der Waals surface area contributed by atoms with Crippen LogP contribution in [0.2, 0.25) is 0 Å². The van der Waals surface area contributed by atoms with Crippen LogP contribution in [-0.4, -0.2) is 42.2 Å².